The number of amides is 2. The highest BCUT2D eigenvalue weighted by Gasteiger charge is 2.37. The molecular formula is C24H26F3N3O2. The first-order chi connectivity index (χ1) is 15.4. The fourth-order valence-electron chi connectivity index (χ4n) is 4.80. The Morgan fingerprint density at radius 3 is 2.16 bits per heavy atom. The lowest BCUT2D eigenvalue weighted by atomic mass is 9.94. The summed E-state index contributed by atoms with van der Waals surface area (Å²) in [5, 5.41) is 2.84. The Labute approximate surface area is 185 Å². The van der Waals surface area contributed by atoms with Gasteiger partial charge in [-0.1, -0.05) is 18.9 Å². The van der Waals surface area contributed by atoms with Crippen LogP contribution in [0.3, 0.4) is 0 Å². The minimum atomic E-state index is -0.790. The SMILES string of the molecule is O=C(Nc1cccc(F)c1)C(C1CCCC1)N1CCN(C(=O)c2cc(F)cc(F)c2)CC1. The Kier molecular flexibility index (Phi) is 6.79. The smallest absolute Gasteiger partial charge is 0.254 e. The standard InChI is InChI=1S/C24H26F3N3O2/c25-18-6-3-7-21(15-18)28-23(31)22(16-4-1-2-5-16)29-8-10-30(11-9-29)24(32)17-12-19(26)14-20(27)13-17/h3,6-7,12-16,22H,1-2,4-5,8-11H2,(H,28,31). The molecule has 1 unspecified atom stereocenters. The summed E-state index contributed by atoms with van der Waals surface area (Å²) in [5.74, 6) is -2.40. The van der Waals surface area contributed by atoms with Crippen LogP contribution in [0.4, 0.5) is 18.9 Å². The molecule has 1 saturated carbocycles. The van der Waals surface area contributed by atoms with E-state index in [2.05, 4.69) is 10.2 Å². The second kappa shape index (κ2) is 9.73. The van der Waals surface area contributed by atoms with E-state index in [1.165, 1.54) is 12.1 Å². The molecule has 2 amide bonds. The number of rotatable bonds is 5. The Hall–Kier alpha value is -2.87. The number of anilines is 1. The molecule has 1 N–H and O–H groups in total. The van der Waals surface area contributed by atoms with E-state index >= 15 is 0 Å². The Balaban J connectivity index is 1.44. The predicted molar refractivity (Wildman–Crippen MR) is 115 cm³/mol. The quantitative estimate of drug-likeness (QED) is 0.755. The molecule has 0 radical (unpaired) electrons. The number of piperazine rings is 1. The first kappa shape index (κ1) is 22.3. The molecule has 5 nitrogen and oxygen atoms in total. The zero-order valence-electron chi connectivity index (χ0n) is 17.7. The molecule has 0 bridgehead atoms. The minimum absolute atomic E-state index is 0.0212. The molecule has 170 valence electrons. The van der Waals surface area contributed by atoms with Crippen LogP contribution in [0.2, 0.25) is 0 Å². The van der Waals surface area contributed by atoms with Crippen molar-refractivity contribution in [2.45, 2.75) is 31.7 Å². The van der Waals surface area contributed by atoms with Crippen molar-refractivity contribution in [2.75, 3.05) is 31.5 Å². The van der Waals surface area contributed by atoms with Crippen molar-refractivity contribution in [1.82, 2.24) is 9.80 Å². The van der Waals surface area contributed by atoms with E-state index in [-0.39, 0.29) is 23.4 Å². The summed E-state index contributed by atoms with van der Waals surface area (Å²) in [6.45, 7) is 1.66. The van der Waals surface area contributed by atoms with Gasteiger partial charge in [0, 0.05) is 43.5 Å². The first-order valence-electron chi connectivity index (χ1n) is 11.0. The molecule has 1 saturated heterocycles. The molecule has 2 aromatic rings. The van der Waals surface area contributed by atoms with Gasteiger partial charge >= 0.3 is 0 Å². The summed E-state index contributed by atoms with van der Waals surface area (Å²) in [7, 11) is 0. The van der Waals surface area contributed by atoms with Crippen LogP contribution < -0.4 is 5.32 Å². The molecule has 1 aliphatic heterocycles. The van der Waals surface area contributed by atoms with Crippen LogP contribution in [0.15, 0.2) is 42.5 Å². The average molecular weight is 445 g/mol. The molecule has 0 aromatic heterocycles. The molecule has 8 heteroatoms. The first-order valence-corrected chi connectivity index (χ1v) is 11.0. The number of carbonyl (C=O) groups excluding carboxylic acids is 2. The van der Waals surface area contributed by atoms with E-state index in [1.54, 1.807) is 17.0 Å². The van der Waals surface area contributed by atoms with Gasteiger partial charge in [0.1, 0.15) is 17.5 Å². The van der Waals surface area contributed by atoms with E-state index in [0.717, 1.165) is 43.9 Å². The summed E-state index contributed by atoms with van der Waals surface area (Å²) in [6.07, 6.45) is 4.03. The molecule has 2 aliphatic rings. The van der Waals surface area contributed by atoms with Crippen molar-refractivity contribution in [2.24, 2.45) is 5.92 Å². The van der Waals surface area contributed by atoms with Gasteiger partial charge in [-0.05, 0) is 49.1 Å². The molecule has 0 spiro atoms. The highest BCUT2D eigenvalue weighted by molar-refractivity contribution is 5.95. The third-order valence-corrected chi connectivity index (χ3v) is 6.31. The van der Waals surface area contributed by atoms with Gasteiger partial charge < -0.3 is 10.2 Å². The van der Waals surface area contributed by atoms with E-state index in [0.29, 0.717) is 31.9 Å². The molecule has 1 heterocycles. The number of benzene rings is 2. The lowest BCUT2D eigenvalue weighted by molar-refractivity contribution is -0.123. The Morgan fingerprint density at radius 1 is 0.875 bits per heavy atom. The van der Waals surface area contributed by atoms with Crippen molar-refractivity contribution >= 4 is 17.5 Å². The van der Waals surface area contributed by atoms with Crippen LogP contribution in [-0.2, 0) is 4.79 Å². The number of nitrogens with one attached hydrogen (secondary N) is 1. The lowest BCUT2D eigenvalue weighted by Gasteiger charge is -2.40. The van der Waals surface area contributed by atoms with Crippen molar-refractivity contribution in [3.8, 4) is 0 Å². The van der Waals surface area contributed by atoms with Gasteiger partial charge in [-0.15, -0.1) is 0 Å². The third kappa shape index (κ3) is 5.12. The zero-order chi connectivity index (χ0) is 22.7. The van der Waals surface area contributed by atoms with Gasteiger partial charge in [-0.3, -0.25) is 14.5 Å². The molecule has 2 fully saturated rings. The molecular weight excluding hydrogens is 419 g/mol. The summed E-state index contributed by atoms with van der Waals surface area (Å²) in [6, 6.07) is 8.25. The van der Waals surface area contributed by atoms with Gasteiger partial charge in [-0.2, -0.15) is 0 Å². The van der Waals surface area contributed by atoms with Gasteiger partial charge in [0.2, 0.25) is 5.91 Å². The van der Waals surface area contributed by atoms with Gasteiger partial charge in [0.25, 0.3) is 5.91 Å². The maximum Gasteiger partial charge on any atom is 0.254 e. The fourth-order valence-corrected chi connectivity index (χ4v) is 4.80. The molecule has 32 heavy (non-hydrogen) atoms. The second-order valence-corrected chi connectivity index (χ2v) is 8.48. The Morgan fingerprint density at radius 2 is 1.53 bits per heavy atom. The minimum Gasteiger partial charge on any atom is -0.336 e. The zero-order valence-corrected chi connectivity index (χ0v) is 17.7. The van der Waals surface area contributed by atoms with Crippen LogP contribution in [0.25, 0.3) is 0 Å². The summed E-state index contributed by atoms with van der Waals surface area (Å²) >= 11 is 0. The topological polar surface area (TPSA) is 52.7 Å². The van der Waals surface area contributed by atoms with Gasteiger partial charge in [0.15, 0.2) is 0 Å². The third-order valence-electron chi connectivity index (χ3n) is 6.31. The monoisotopic (exact) mass is 445 g/mol. The van der Waals surface area contributed by atoms with Crippen LogP contribution in [0.5, 0.6) is 0 Å². The van der Waals surface area contributed by atoms with Crippen LogP contribution in [-0.4, -0.2) is 53.8 Å². The summed E-state index contributed by atoms with van der Waals surface area (Å²) < 4.78 is 40.5. The van der Waals surface area contributed by atoms with E-state index < -0.39 is 23.4 Å². The summed E-state index contributed by atoms with van der Waals surface area (Å²) in [4.78, 5) is 29.5. The largest absolute Gasteiger partial charge is 0.336 e. The Bertz CT molecular complexity index is 966. The van der Waals surface area contributed by atoms with Gasteiger partial charge in [-0.25, -0.2) is 13.2 Å². The number of hydrogen-bond donors (Lipinski definition) is 1. The number of halogens is 3. The second-order valence-electron chi connectivity index (χ2n) is 8.48. The van der Waals surface area contributed by atoms with E-state index in [4.69, 9.17) is 0 Å². The van der Waals surface area contributed by atoms with Crippen molar-refractivity contribution in [3.63, 3.8) is 0 Å². The number of carbonyl (C=O) groups is 2. The molecule has 2 aromatic carbocycles. The fraction of sp³-hybridized carbons (Fsp3) is 0.417. The van der Waals surface area contributed by atoms with Crippen LogP contribution >= 0.6 is 0 Å². The molecule has 4 rings (SSSR count). The number of nitrogens with zero attached hydrogens (tertiary/aromatic N) is 2. The number of hydrogen-bond acceptors (Lipinski definition) is 3. The predicted octanol–water partition coefficient (Wildman–Crippen LogP) is 4.06. The van der Waals surface area contributed by atoms with E-state index in [9.17, 15) is 22.8 Å². The van der Waals surface area contributed by atoms with E-state index in [1.807, 2.05) is 0 Å². The normalized spacial score (nSPS) is 18.5. The maximum absolute atomic E-state index is 13.5. The molecule has 1 aliphatic carbocycles. The van der Waals surface area contributed by atoms with Crippen LogP contribution in [0.1, 0.15) is 36.0 Å². The van der Waals surface area contributed by atoms with Crippen molar-refractivity contribution in [1.29, 1.82) is 0 Å². The van der Waals surface area contributed by atoms with Crippen molar-refractivity contribution in [3.05, 3.63) is 65.5 Å². The van der Waals surface area contributed by atoms with Gasteiger partial charge in [0.05, 0.1) is 6.04 Å². The van der Waals surface area contributed by atoms with Crippen LogP contribution in [0, 0.1) is 23.4 Å². The maximum atomic E-state index is 13.5. The lowest BCUT2D eigenvalue weighted by Crippen LogP contribution is -2.56. The molecule has 1 atom stereocenters. The highest BCUT2D eigenvalue weighted by Crippen LogP contribution is 2.32. The van der Waals surface area contributed by atoms with Crippen molar-refractivity contribution < 1.29 is 22.8 Å². The highest BCUT2D eigenvalue weighted by atomic mass is 19.1. The average Bonchev–Trinajstić information content (AvgIpc) is 3.27. The summed E-state index contributed by atoms with van der Waals surface area (Å²) in [5.41, 5.74) is 0.395.